The van der Waals surface area contributed by atoms with Crippen molar-refractivity contribution in [1.29, 1.82) is 0 Å². The van der Waals surface area contributed by atoms with Crippen LogP contribution in [0.4, 0.5) is 5.69 Å². The minimum Gasteiger partial charge on any atom is -0.323 e. The molecule has 18 heavy (non-hydrogen) atoms. The molecule has 0 unspecified atom stereocenters. The molecule has 0 spiro atoms. The normalized spacial score (nSPS) is 12.4. The summed E-state index contributed by atoms with van der Waals surface area (Å²) in [7, 11) is -6.40. The molecule has 1 rings (SSSR count). The first-order valence-electron chi connectivity index (χ1n) is 5.05. The van der Waals surface area contributed by atoms with Gasteiger partial charge in [-0.3, -0.25) is 10.1 Å². The van der Waals surface area contributed by atoms with Crippen LogP contribution >= 0.6 is 7.14 Å². The van der Waals surface area contributed by atoms with Gasteiger partial charge in [-0.2, -0.15) is 0 Å². The Hall–Kier alpha value is -1.20. The second-order valence-corrected chi connectivity index (χ2v) is 10.4. The maximum atomic E-state index is 12.0. The van der Waals surface area contributed by atoms with E-state index in [1.165, 1.54) is 32.4 Å². The van der Waals surface area contributed by atoms with E-state index in [0.29, 0.717) is 0 Å². The van der Waals surface area contributed by atoms with Crippen LogP contribution in [-0.2, 0) is 14.4 Å². The van der Waals surface area contributed by atoms with E-state index in [0.717, 1.165) is 6.07 Å². The van der Waals surface area contributed by atoms with Gasteiger partial charge in [0.25, 0.3) is 5.69 Å². The highest BCUT2D eigenvalue weighted by Crippen LogP contribution is 2.40. The molecular formula is C10H14NO5PS. The third-order valence-electron chi connectivity index (χ3n) is 2.19. The molecule has 0 bridgehead atoms. The Morgan fingerprint density at radius 3 is 2.28 bits per heavy atom. The topological polar surface area (TPSA) is 94.3 Å². The Morgan fingerprint density at radius 2 is 1.89 bits per heavy atom. The third kappa shape index (κ3) is 3.65. The van der Waals surface area contributed by atoms with Crippen LogP contribution in [-0.4, -0.2) is 32.2 Å². The van der Waals surface area contributed by atoms with E-state index in [4.69, 9.17) is 0 Å². The first-order valence-corrected chi connectivity index (χ1v) is 9.48. The number of hydrogen-bond donors (Lipinski definition) is 0. The van der Waals surface area contributed by atoms with Crippen molar-refractivity contribution in [2.75, 3.05) is 18.8 Å². The highest BCUT2D eigenvalue weighted by atomic mass is 32.2. The van der Waals surface area contributed by atoms with Gasteiger partial charge in [0, 0.05) is 12.1 Å². The number of non-ortho nitro benzene ring substituents is 1. The SMILES string of the molecule is Cc1cc([N+](=O)[O-])ccc1S(=O)(=O)CP(C)(C)=O. The molecule has 1 aromatic carbocycles. The Balaban J connectivity index is 3.27. The summed E-state index contributed by atoms with van der Waals surface area (Å²) in [6.45, 7) is 4.27. The summed E-state index contributed by atoms with van der Waals surface area (Å²) in [5.74, 6) is 0. The van der Waals surface area contributed by atoms with Gasteiger partial charge in [-0.15, -0.1) is 0 Å². The van der Waals surface area contributed by atoms with Gasteiger partial charge in [-0.1, -0.05) is 0 Å². The monoisotopic (exact) mass is 291 g/mol. The molecule has 0 N–H and O–H groups in total. The fraction of sp³-hybridized carbons (Fsp3) is 0.400. The Morgan fingerprint density at radius 1 is 1.33 bits per heavy atom. The number of rotatable bonds is 4. The van der Waals surface area contributed by atoms with Crippen LogP contribution in [0.5, 0.6) is 0 Å². The molecule has 6 nitrogen and oxygen atoms in total. The molecule has 0 aromatic heterocycles. The standard InChI is InChI=1S/C10H14NO5PS/c1-8-6-9(11(12)13)4-5-10(8)18(15,16)7-17(2,3)14/h4-6H,7H2,1-3H3. The first-order chi connectivity index (χ1) is 8.03. The molecule has 1 aromatic rings. The predicted octanol–water partition coefficient (Wildman–Crippen LogP) is 2.26. The molecule has 0 amide bonds. The van der Waals surface area contributed by atoms with E-state index in [1.54, 1.807) is 0 Å². The fourth-order valence-corrected chi connectivity index (χ4v) is 6.23. The quantitative estimate of drug-likeness (QED) is 0.481. The summed E-state index contributed by atoms with van der Waals surface area (Å²) in [5, 5.41) is 10.6. The minimum atomic E-state index is -3.68. The second kappa shape index (κ2) is 4.82. The van der Waals surface area contributed by atoms with Crippen LogP contribution < -0.4 is 0 Å². The number of nitrogens with zero attached hydrogens (tertiary/aromatic N) is 1. The largest absolute Gasteiger partial charge is 0.323 e. The minimum absolute atomic E-state index is 0.00275. The molecule has 100 valence electrons. The summed E-state index contributed by atoms with van der Waals surface area (Å²) in [4.78, 5) is 9.96. The summed E-state index contributed by atoms with van der Waals surface area (Å²) < 4.78 is 35.6. The molecule has 0 saturated heterocycles. The maximum Gasteiger partial charge on any atom is 0.269 e. The van der Waals surface area contributed by atoms with Crippen LogP contribution in [0.2, 0.25) is 0 Å². The van der Waals surface area contributed by atoms with Crippen LogP contribution in [0.1, 0.15) is 5.56 Å². The van der Waals surface area contributed by atoms with Crippen molar-refractivity contribution in [2.24, 2.45) is 0 Å². The zero-order valence-corrected chi connectivity index (χ0v) is 12.0. The van der Waals surface area contributed by atoms with Crippen molar-refractivity contribution in [1.82, 2.24) is 0 Å². The number of sulfone groups is 1. The number of aryl methyl sites for hydroxylation is 1. The van der Waals surface area contributed by atoms with Crippen molar-refractivity contribution < 1.29 is 17.9 Å². The molecule has 0 atom stereocenters. The third-order valence-corrected chi connectivity index (χ3v) is 7.16. The maximum absolute atomic E-state index is 12.0. The Kier molecular flexibility index (Phi) is 3.98. The molecule has 0 aliphatic heterocycles. The van der Waals surface area contributed by atoms with Crippen LogP contribution in [0, 0.1) is 17.0 Å². The van der Waals surface area contributed by atoms with Crippen molar-refractivity contribution in [3.05, 3.63) is 33.9 Å². The Labute approximate surface area is 105 Å². The van der Waals surface area contributed by atoms with Crippen LogP contribution in [0.25, 0.3) is 0 Å². The lowest BCUT2D eigenvalue weighted by atomic mass is 10.2. The van der Waals surface area contributed by atoms with Crippen molar-refractivity contribution in [3.63, 3.8) is 0 Å². The van der Waals surface area contributed by atoms with Gasteiger partial charge in [0.2, 0.25) is 0 Å². The number of nitro groups is 1. The van der Waals surface area contributed by atoms with Gasteiger partial charge in [0.15, 0.2) is 9.84 Å². The van der Waals surface area contributed by atoms with Gasteiger partial charge in [-0.25, -0.2) is 8.42 Å². The highest BCUT2D eigenvalue weighted by Gasteiger charge is 2.25. The lowest BCUT2D eigenvalue weighted by Gasteiger charge is -2.10. The van der Waals surface area contributed by atoms with Gasteiger partial charge < -0.3 is 4.57 Å². The summed E-state index contributed by atoms with van der Waals surface area (Å²) in [5.41, 5.74) is -0.307. The fourth-order valence-electron chi connectivity index (χ4n) is 1.57. The van der Waals surface area contributed by atoms with E-state index in [2.05, 4.69) is 0 Å². The Bertz CT molecular complexity index is 632. The summed E-state index contributed by atoms with van der Waals surface area (Å²) >= 11 is 0. The lowest BCUT2D eigenvalue weighted by molar-refractivity contribution is -0.385. The number of nitro benzene ring substituents is 1. The second-order valence-electron chi connectivity index (χ2n) is 4.52. The van der Waals surface area contributed by atoms with E-state index in [1.807, 2.05) is 0 Å². The lowest BCUT2D eigenvalue weighted by Crippen LogP contribution is -2.08. The van der Waals surface area contributed by atoms with Gasteiger partial charge in [0.1, 0.15) is 5.49 Å². The number of benzene rings is 1. The molecule has 0 aliphatic rings. The smallest absolute Gasteiger partial charge is 0.269 e. The van der Waals surface area contributed by atoms with Crippen LogP contribution in [0.15, 0.2) is 23.1 Å². The summed E-state index contributed by atoms with van der Waals surface area (Å²) in [6, 6.07) is 3.53. The molecule has 0 fully saturated rings. The molecule has 0 radical (unpaired) electrons. The first kappa shape index (κ1) is 14.9. The van der Waals surface area contributed by atoms with Gasteiger partial charge >= 0.3 is 0 Å². The molecular weight excluding hydrogens is 277 g/mol. The summed E-state index contributed by atoms with van der Waals surface area (Å²) in [6.07, 6.45) is 0. The number of hydrogen-bond acceptors (Lipinski definition) is 5. The molecule has 8 heteroatoms. The average Bonchev–Trinajstić information content (AvgIpc) is 2.12. The van der Waals surface area contributed by atoms with E-state index >= 15 is 0 Å². The molecule has 0 heterocycles. The van der Waals surface area contributed by atoms with E-state index in [9.17, 15) is 23.1 Å². The van der Waals surface area contributed by atoms with Crippen molar-refractivity contribution >= 4 is 22.7 Å². The van der Waals surface area contributed by atoms with Crippen molar-refractivity contribution in [3.8, 4) is 0 Å². The van der Waals surface area contributed by atoms with Crippen LogP contribution in [0.3, 0.4) is 0 Å². The molecule has 0 aliphatic carbocycles. The van der Waals surface area contributed by atoms with Gasteiger partial charge in [-0.05, 0) is 31.9 Å². The van der Waals surface area contributed by atoms with Gasteiger partial charge in [0.05, 0.1) is 17.0 Å². The van der Waals surface area contributed by atoms with E-state index in [-0.39, 0.29) is 16.1 Å². The molecule has 0 saturated carbocycles. The van der Waals surface area contributed by atoms with E-state index < -0.39 is 27.4 Å². The predicted molar refractivity (Wildman–Crippen MR) is 69.3 cm³/mol. The van der Waals surface area contributed by atoms with Crippen molar-refractivity contribution in [2.45, 2.75) is 11.8 Å². The zero-order chi connectivity index (χ0) is 14.1. The average molecular weight is 291 g/mol. The zero-order valence-electron chi connectivity index (χ0n) is 10.3. The highest BCUT2D eigenvalue weighted by molar-refractivity contribution is 7.98.